The molecule has 1 fully saturated rings. The van der Waals surface area contributed by atoms with Gasteiger partial charge in [-0.3, -0.25) is 9.59 Å². The standard InChI is InChI=1S/C10H19N3O2.ClH/c1-6(2)8(11)10(15)13-7-4-3-5-12-9(7)14;/h6-8H,3-5,11H2,1-2H3,(H,12,14)(H,13,15);1H/t7?,8-;/m1./s1. The first-order valence-corrected chi connectivity index (χ1v) is 5.36. The van der Waals surface area contributed by atoms with E-state index in [0.29, 0.717) is 13.0 Å². The van der Waals surface area contributed by atoms with Gasteiger partial charge in [0.25, 0.3) is 0 Å². The Morgan fingerprint density at radius 2 is 2.19 bits per heavy atom. The van der Waals surface area contributed by atoms with Crippen molar-refractivity contribution in [3.8, 4) is 0 Å². The Labute approximate surface area is 102 Å². The van der Waals surface area contributed by atoms with Gasteiger partial charge < -0.3 is 16.4 Å². The predicted octanol–water partition coefficient (Wildman–Crippen LogP) is -0.214. The fraction of sp³-hybridized carbons (Fsp3) is 0.800. The molecule has 1 saturated heterocycles. The van der Waals surface area contributed by atoms with Gasteiger partial charge in [0.05, 0.1) is 6.04 Å². The topological polar surface area (TPSA) is 84.2 Å². The van der Waals surface area contributed by atoms with E-state index < -0.39 is 12.1 Å². The number of nitrogens with one attached hydrogen (secondary N) is 2. The van der Waals surface area contributed by atoms with E-state index in [1.165, 1.54) is 0 Å². The molecule has 0 radical (unpaired) electrons. The van der Waals surface area contributed by atoms with Crippen LogP contribution in [0.15, 0.2) is 0 Å². The van der Waals surface area contributed by atoms with E-state index in [9.17, 15) is 9.59 Å². The van der Waals surface area contributed by atoms with Crippen molar-refractivity contribution in [2.24, 2.45) is 11.7 Å². The van der Waals surface area contributed by atoms with E-state index in [1.807, 2.05) is 13.8 Å². The summed E-state index contributed by atoms with van der Waals surface area (Å²) in [5.74, 6) is -0.269. The Hall–Kier alpha value is -0.810. The Balaban J connectivity index is 0.00000225. The zero-order valence-corrected chi connectivity index (χ0v) is 10.5. The van der Waals surface area contributed by atoms with E-state index in [2.05, 4.69) is 10.6 Å². The van der Waals surface area contributed by atoms with Crippen LogP contribution in [0.5, 0.6) is 0 Å². The van der Waals surface area contributed by atoms with Gasteiger partial charge in [-0.1, -0.05) is 13.8 Å². The highest BCUT2D eigenvalue weighted by Gasteiger charge is 2.26. The van der Waals surface area contributed by atoms with Crippen LogP contribution in [0.3, 0.4) is 0 Å². The molecule has 5 nitrogen and oxygen atoms in total. The number of halogens is 1. The molecule has 0 spiro atoms. The number of carbonyl (C=O) groups is 2. The average molecular weight is 250 g/mol. The smallest absolute Gasteiger partial charge is 0.242 e. The van der Waals surface area contributed by atoms with Gasteiger partial charge in [-0.25, -0.2) is 0 Å². The third-order valence-corrected chi connectivity index (χ3v) is 2.62. The molecule has 0 bridgehead atoms. The summed E-state index contributed by atoms with van der Waals surface area (Å²) in [6, 6.07) is -0.948. The predicted molar refractivity (Wildman–Crippen MR) is 64.2 cm³/mol. The van der Waals surface area contributed by atoms with E-state index in [-0.39, 0.29) is 30.1 Å². The Kier molecular flexibility index (Phi) is 6.36. The summed E-state index contributed by atoms with van der Waals surface area (Å²) >= 11 is 0. The first kappa shape index (κ1) is 15.2. The van der Waals surface area contributed by atoms with Gasteiger partial charge >= 0.3 is 0 Å². The lowest BCUT2D eigenvalue weighted by Gasteiger charge is -2.25. The SMILES string of the molecule is CC(C)[C@@H](N)C(=O)NC1CCCNC1=O.Cl. The highest BCUT2D eigenvalue weighted by molar-refractivity contribution is 5.90. The number of hydrogen-bond donors (Lipinski definition) is 3. The molecular formula is C10H20ClN3O2. The zero-order valence-electron chi connectivity index (χ0n) is 9.66. The van der Waals surface area contributed by atoms with Crippen molar-refractivity contribution >= 4 is 24.2 Å². The first-order chi connectivity index (χ1) is 7.02. The maximum atomic E-state index is 11.6. The normalized spacial score (nSPS) is 22.0. The molecule has 0 aromatic heterocycles. The third kappa shape index (κ3) is 3.98. The molecule has 1 aliphatic heterocycles. The second kappa shape index (κ2) is 6.70. The first-order valence-electron chi connectivity index (χ1n) is 5.36. The van der Waals surface area contributed by atoms with Crippen LogP contribution in [0.4, 0.5) is 0 Å². The Morgan fingerprint density at radius 1 is 1.56 bits per heavy atom. The summed E-state index contributed by atoms with van der Waals surface area (Å²) < 4.78 is 0. The van der Waals surface area contributed by atoms with Crippen LogP contribution in [-0.2, 0) is 9.59 Å². The monoisotopic (exact) mass is 249 g/mol. The molecule has 16 heavy (non-hydrogen) atoms. The van der Waals surface area contributed by atoms with E-state index in [0.717, 1.165) is 6.42 Å². The molecule has 0 aliphatic carbocycles. The largest absolute Gasteiger partial charge is 0.354 e. The molecule has 6 heteroatoms. The van der Waals surface area contributed by atoms with E-state index >= 15 is 0 Å². The van der Waals surface area contributed by atoms with Crippen LogP contribution in [0, 0.1) is 5.92 Å². The molecule has 0 saturated carbocycles. The van der Waals surface area contributed by atoms with Crippen molar-refractivity contribution < 1.29 is 9.59 Å². The summed E-state index contributed by atoms with van der Waals surface area (Å²) in [4.78, 5) is 22.9. The molecular weight excluding hydrogens is 230 g/mol. The molecule has 1 rings (SSSR count). The quantitative estimate of drug-likeness (QED) is 0.647. The van der Waals surface area contributed by atoms with Crippen LogP contribution >= 0.6 is 12.4 Å². The number of hydrogen-bond acceptors (Lipinski definition) is 3. The summed E-state index contributed by atoms with van der Waals surface area (Å²) in [5.41, 5.74) is 5.68. The van der Waals surface area contributed by atoms with Crippen LogP contribution in [0.2, 0.25) is 0 Å². The van der Waals surface area contributed by atoms with Gasteiger partial charge in [-0.2, -0.15) is 0 Å². The van der Waals surface area contributed by atoms with Crippen LogP contribution in [0.1, 0.15) is 26.7 Å². The van der Waals surface area contributed by atoms with Crippen LogP contribution in [0.25, 0.3) is 0 Å². The van der Waals surface area contributed by atoms with Gasteiger partial charge in [-0.05, 0) is 18.8 Å². The molecule has 94 valence electrons. The molecule has 1 heterocycles. The lowest BCUT2D eigenvalue weighted by Crippen LogP contribution is -2.54. The minimum absolute atomic E-state index is 0. The highest BCUT2D eigenvalue weighted by Crippen LogP contribution is 2.04. The highest BCUT2D eigenvalue weighted by atomic mass is 35.5. The number of rotatable bonds is 3. The maximum absolute atomic E-state index is 11.6. The Bertz CT molecular complexity index is 258. The molecule has 4 N–H and O–H groups in total. The van der Waals surface area contributed by atoms with Crippen molar-refractivity contribution in [3.63, 3.8) is 0 Å². The fourth-order valence-corrected chi connectivity index (χ4v) is 1.48. The Morgan fingerprint density at radius 3 is 2.69 bits per heavy atom. The van der Waals surface area contributed by atoms with Crippen LogP contribution < -0.4 is 16.4 Å². The van der Waals surface area contributed by atoms with Gasteiger partial charge in [0.1, 0.15) is 6.04 Å². The number of amides is 2. The number of piperidine rings is 1. The maximum Gasteiger partial charge on any atom is 0.242 e. The van der Waals surface area contributed by atoms with E-state index in [1.54, 1.807) is 0 Å². The van der Waals surface area contributed by atoms with Gasteiger partial charge in [0, 0.05) is 6.54 Å². The molecule has 0 aromatic rings. The average Bonchev–Trinajstić information content (AvgIpc) is 2.20. The lowest BCUT2D eigenvalue weighted by atomic mass is 10.0. The minimum Gasteiger partial charge on any atom is -0.354 e. The zero-order chi connectivity index (χ0) is 11.4. The van der Waals surface area contributed by atoms with E-state index in [4.69, 9.17) is 5.73 Å². The minimum atomic E-state index is -0.542. The molecule has 1 aliphatic rings. The van der Waals surface area contributed by atoms with Crippen molar-refractivity contribution in [1.82, 2.24) is 10.6 Å². The van der Waals surface area contributed by atoms with Gasteiger partial charge in [0.2, 0.25) is 11.8 Å². The van der Waals surface area contributed by atoms with Gasteiger partial charge in [0.15, 0.2) is 0 Å². The van der Waals surface area contributed by atoms with Crippen molar-refractivity contribution in [1.29, 1.82) is 0 Å². The summed E-state index contributed by atoms with van der Waals surface area (Å²) in [6.07, 6.45) is 1.59. The van der Waals surface area contributed by atoms with Crippen molar-refractivity contribution in [3.05, 3.63) is 0 Å². The van der Waals surface area contributed by atoms with Crippen molar-refractivity contribution in [2.75, 3.05) is 6.54 Å². The summed E-state index contributed by atoms with van der Waals surface area (Å²) in [5, 5.41) is 5.38. The van der Waals surface area contributed by atoms with Crippen molar-refractivity contribution in [2.45, 2.75) is 38.8 Å². The second-order valence-electron chi connectivity index (χ2n) is 4.26. The molecule has 1 unspecified atom stereocenters. The summed E-state index contributed by atoms with van der Waals surface area (Å²) in [7, 11) is 0. The molecule has 2 atom stereocenters. The lowest BCUT2D eigenvalue weighted by molar-refractivity contribution is -0.131. The third-order valence-electron chi connectivity index (χ3n) is 2.62. The molecule has 2 amide bonds. The van der Waals surface area contributed by atoms with Crippen LogP contribution in [-0.4, -0.2) is 30.4 Å². The second-order valence-corrected chi connectivity index (χ2v) is 4.26. The summed E-state index contributed by atoms with van der Waals surface area (Å²) in [6.45, 7) is 4.46. The van der Waals surface area contributed by atoms with Gasteiger partial charge in [-0.15, -0.1) is 12.4 Å². The molecule has 0 aromatic carbocycles. The fourth-order valence-electron chi connectivity index (χ4n) is 1.48. The number of nitrogens with two attached hydrogens (primary N) is 1. The number of carbonyl (C=O) groups excluding carboxylic acids is 2.